The number of nitrogens with zero attached hydrogens (tertiary/aromatic N) is 1. The van der Waals surface area contributed by atoms with Gasteiger partial charge in [-0.3, -0.25) is 14.5 Å². The summed E-state index contributed by atoms with van der Waals surface area (Å²) in [6, 6.07) is 4.03. The van der Waals surface area contributed by atoms with Crippen LogP contribution in [0.15, 0.2) is 22.7 Å². The van der Waals surface area contributed by atoms with Crippen molar-refractivity contribution in [2.75, 3.05) is 25.0 Å². The fraction of sp³-hybridized carbons (Fsp3) is 0.529. The maximum absolute atomic E-state index is 13.8. The second-order valence-corrected chi connectivity index (χ2v) is 6.79. The molecule has 0 radical (unpaired) electrons. The minimum absolute atomic E-state index is 0.147. The molecule has 0 aromatic heterocycles. The summed E-state index contributed by atoms with van der Waals surface area (Å²) in [5.74, 6) is -1.21. The molecule has 1 fully saturated rings. The van der Waals surface area contributed by atoms with Crippen LogP contribution in [-0.4, -0.2) is 42.5 Å². The van der Waals surface area contributed by atoms with Gasteiger partial charge >= 0.3 is 5.97 Å². The summed E-state index contributed by atoms with van der Waals surface area (Å²) >= 11 is 3.18. The molecule has 0 spiro atoms. The van der Waals surface area contributed by atoms with Gasteiger partial charge in [-0.25, -0.2) is 4.39 Å². The lowest BCUT2D eigenvalue weighted by Crippen LogP contribution is -2.48. The molecule has 5 nitrogen and oxygen atoms in total. The Labute approximate surface area is 149 Å². The average molecular weight is 401 g/mol. The molecule has 0 unspecified atom stereocenters. The van der Waals surface area contributed by atoms with Gasteiger partial charge in [-0.1, -0.05) is 15.9 Å². The van der Waals surface area contributed by atoms with Crippen LogP contribution in [0.1, 0.15) is 26.7 Å². The zero-order valence-corrected chi connectivity index (χ0v) is 15.4. The van der Waals surface area contributed by atoms with E-state index >= 15 is 0 Å². The number of rotatable bonds is 5. The van der Waals surface area contributed by atoms with Crippen molar-refractivity contribution in [3.63, 3.8) is 0 Å². The number of nitrogens with one attached hydrogen (secondary N) is 1. The summed E-state index contributed by atoms with van der Waals surface area (Å²) < 4.78 is 19.5. The normalized spacial score (nSPS) is 19.6. The van der Waals surface area contributed by atoms with Crippen molar-refractivity contribution in [2.45, 2.75) is 32.7 Å². The lowest BCUT2D eigenvalue weighted by Gasteiger charge is -2.35. The number of carbonyl (C=O) groups is 2. The van der Waals surface area contributed by atoms with Crippen LogP contribution in [0.4, 0.5) is 10.1 Å². The van der Waals surface area contributed by atoms with Crippen molar-refractivity contribution in [2.24, 2.45) is 5.92 Å². The summed E-state index contributed by atoms with van der Waals surface area (Å²) in [4.78, 5) is 26.2. The molecule has 1 N–H and O–H groups in total. The van der Waals surface area contributed by atoms with Crippen LogP contribution >= 0.6 is 15.9 Å². The van der Waals surface area contributed by atoms with E-state index < -0.39 is 11.9 Å². The first-order chi connectivity index (χ1) is 11.4. The van der Waals surface area contributed by atoms with E-state index in [-0.39, 0.29) is 23.5 Å². The van der Waals surface area contributed by atoms with Gasteiger partial charge in [0.05, 0.1) is 24.3 Å². The molecule has 0 aliphatic carbocycles. The number of ether oxygens (including phenoxy) is 1. The van der Waals surface area contributed by atoms with Crippen LogP contribution in [-0.2, 0) is 14.3 Å². The van der Waals surface area contributed by atoms with Crippen molar-refractivity contribution in [1.82, 2.24) is 4.90 Å². The van der Waals surface area contributed by atoms with E-state index in [1.165, 1.54) is 12.1 Å². The van der Waals surface area contributed by atoms with E-state index in [2.05, 4.69) is 21.2 Å². The minimum Gasteiger partial charge on any atom is -0.466 e. The van der Waals surface area contributed by atoms with E-state index in [9.17, 15) is 14.0 Å². The molecule has 0 saturated carbocycles. The lowest BCUT2D eigenvalue weighted by molar-refractivity contribution is -0.150. The monoisotopic (exact) mass is 400 g/mol. The van der Waals surface area contributed by atoms with Crippen LogP contribution < -0.4 is 5.32 Å². The first-order valence-electron chi connectivity index (χ1n) is 8.09. The Morgan fingerprint density at radius 2 is 2.25 bits per heavy atom. The van der Waals surface area contributed by atoms with Gasteiger partial charge in [0.25, 0.3) is 0 Å². The molecule has 2 atom stereocenters. The molecule has 0 bridgehead atoms. The Kier molecular flexibility index (Phi) is 6.74. The van der Waals surface area contributed by atoms with Crippen molar-refractivity contribution in [3.8, 4) is 0 Å². The van der Waals surface area contributed by atoms with Crippen LogP contribution in [0.3, 0.4) is 0 Å². The SMILES string of the molecule is CCOC(=O)[C@@H]1CCCN([C@@H](C)C(=O)Nc2ccc(Br)cc2F)C1. The molecule has 1 heterocycles. The zero-order valence-electron chi connectivity index (χ0n) is 13.9. The third kappa shape index (κ3) is 4.77. The predicted octanol–water partition coefficient (Wildman–Crippen LogP) is 3.19. The summed E-state index contributed by atoms with van der Waals surface area (Å²) in [5, 5.41) is 2.61. The molecule has 1 saturated heterocycles. The van der Waals surface area contributed by atoms with Crippen LogP contribution in [0.5, 0.6) is 0 Å². The summed E-state index contributed by atoms with van der Waals surface area (Å²) in [6.45, 7) is 5.11. The number of carbonyl (C=O) groups excluding carboxylic acids is 2. The number of esters is 1. The number of anilines is 1. The topological polar surface area (TPSA) is 58.6 Å². The van der Waals surface area contributed by atoms with Crippen LogP contribution in [0.25, 0.3) is 0 Å². The van der Waals surface area contributed by atoms with E-state index in [1.54, 1.807) is 19.9 Å². The van der Waals surface area contributed by atoms with Crippen LogP contribution in [0.2, 0.25) is 0 Å². The number of hydrogen-bond acceptors (Lipinski definition) is 4. The van der Waals surface area contributed by atoms with Crippen molar-refractivity contribution >= 4 is 33.5 Å². The van der Waals surface area contributed by atoms with Crippen LogP contribution in [0, 0.1) is 11.7 Å². The van der Waals surface area contributed by atoms with Gasteiger partial charge in [-0.15, -0.1) is 0 Å². The Bertz CT molecular complexity index is 611. The summed E-state index contributed by atoms with van der Waals surface area (Å²) in [7, 11) is 0. The number of benzene rings is 1. The van der Waals surface area contributed by atoms with Gasteiger partial charge in [-0.2, -0.15) is 0 Å². The predicted molar refractivity (Wildman–Crippen MR) is 93.1 cm³/mol. The molecule has 2 rings (SSSR count). The molecule has 1 aliphatic rings. The van der Waals surface area contributed by atoms with E-state index in [0.717, 1.165) is 19.4 Å². The second-order valence-electron chi connectivity index (χ2n) is 5.88. The Morgan fingerprint density at radius 3 is 2.92 bits per heavy atom. The van der Waals surface area contributed by atoms with Gasteiger partial charge in [0.2, 0.25) is 5.91 Å². The van der Waals surface area contributed by atoms with Gasteiger partial charge in [0.1, 0.15) is 5.82 Å². The Balaban J connectivity index is 1.98. The molecule has 1 aromatic carbocycles. The fourth-order valence-corrected chi connectivity index (χ4v) is 3.14. The quantitative estimate of drug-likeness (QED) is 0.770. The van der Waals surface area contributed by atoms with E-state index in [1.807, 2.05) is 4.90 Å². The molecule has 132 valence electrons. The maximum Gasteiger partial charge on any atom is 0.310 e. The molecule has 1 aromatic rings. The zero-order chi connectivity index (χ0) is 17.7. The molecule has 7 heteroatoms. The molecule has 1 aliphatic heterocycles. The first kappa shape index (κ1) is 18.9. The van der Waals surface area contributed by atoms with E-state index in [4.69, 9.17) is 4.74 Å². The van der Waals surface area contributed by atoms with Crippen molar-refractivity contribution in [1.29, 1.82) is 0 Å². The number of piperidine rings is 1. The molecular formula is C17H22BrFN2O3. The van der Waals surface area contributed by atoms with Crippen molar-refractivity contribution < 1.29 is 18.7 Å². The average Bonchev–Trinajstić information content (AvgIpc) is 2.57. The van der Waals surface area contributed by atoms with E-state index in [0.29, 0.717) is 17.6 Å². The van der Waals surface area contributed by atoms with Gasteiger partial charge in [0.15, 0.2) is 0 Å². The smallest absolute Gasteiger partial charge is 0.310 e. The highest BCUT2D eigenvalue weighted by Gasteiger charge is 2.31. The molecule has 1 amide bonds. The number of amides is 1. The number of likely N-dealkylation sites (tertiary alicyclic amines) is 1. The number of halogens is 2. The standard InChI is InChI=1S/C17H22BrFN2O3/c1-3-24-17(23)12-5-4-8-21(10-12)11(2)16(22)20-15-7-6-13(18)9-14(15)19/h6-7,9,11-12H,3-5,8,10H2,1-2H3,(H,20,22)/t11-,12+/m0/s1. The largest absolute Gasteiger partial charge is 0.466 e. The lowest BCUT2D eigenvalue weighted by atomic mass is 9.97. The highest BCUT2D eigenvalue weighted by molar-refractivity contribution is 9.10. The van der Waals surface area contributed by atoms with Crippen molar-refractivity contribution in [3.05, 3.63) is 28.5 Å². The Morgan fingerprint density at radius 1 is 1.50 bits per heavy atom. The Hall–Kier alpha value is -1.47. The fourth-order valence-electron chi connectivity index (χ4n) is 2.80. The maximum atomic E-state index is 13.8. The minimum atomic E-state index is -0.493. The third-order valence-electron chi connectivity index (χ3n) is 4.19. The van der Waals surface area contributed by atoms with Gasteiger partial charge in [-0.05, 0) is 51.4 Å². The highest BCUT2D eigenvalue weighted by atomic mass is 79.9. The second kappa shape index (κ2) is 8.58. The van der Waals surface area contributed by atoms with Gasteiger partial charge < -0.3 is 10.1 Å². The first-order valence-corrected chi connectivity index (χ1v) is 8.88. The number of hydrogen-bond donors (Lipinski definition) is 1. The molecular weight excluding hydrogens is 379 g/mol. The summed E-state index contributed by atoms with van der Waals surface area (Å²) in [6.07, 6.45) is 1.60. The highest BCUT2D eigenvalue weighted by Crippen LogP contribution is 2.22. The summed E-state index contributed by atoms with van der Waals surface area (Å²) in [5.41, 5.74) is 0.147. The third-order valence-corrected chi connectivity index (χ3v) is 4.68. The van der Waals surface area contributed by atoms with Gasteiger partial charge in [0, 0.05) is 11.0 Å². The molecule has 24 heavy (non-hydrogen) atoms.